The zero-order chi connectivity index (χ0) is 18.1. The van der Waals surface area contributed by atoms with Crippen molar-refractivity contribution in [3.05, 3.63) is 59.4 Å². The lowest BCUT2D eigenvalue weighted by atomic mass is 10.2. The van der Waals surface area contributed by atoms with E-state index in [-0.39, 0.29) is 11.3 Å². The van der Waals surface area contributed by atoms with Crippen LogP contribution in [-0.4, -0.2) is 19.9 Å². The van der Waals surface area contributed by atoms with Crippen molar-refractivity contribution in [3.8, 4) is 16.6 Å². The number of nitrogens with zero attached hydrogens (tertiary/aromatic N) is 5. The molecular formula is C17H8ClFN6S. The second-order valence-electron chi connectivity index (χ2n) is 5.15. The molecule has 0 fully saturated rings. The molecule has 0 unspecified atom stereocenters. The Morgan fingerprint density at radius 3 is 2.77 bits per heavy atom. The number of hydrogen-bond donors (Lipinski definition) is 1. The van der Waals surface area contributed by atoms with Crippen LogP contribution in [-0.2, 0) is 0 Å². The van der Waals surface area contributed by atoms with Gasteiger partial charge in [0.1, 0.15) is 22.7 Å². The number of fused-ring (bicyclic) bond motifs is 1. The first-order chi connectivity index (χ1) is 12.7. The van der Waals surface area contributed by atoms with Crippen LogP contribution in [0.15, 0.2) is 42.9 Å². The van der Waals surface area contributed by atoms with Crippen molar-refractivity contribution in [3.63, 3.8) is 0 Å². The predicted molar refractivity (Wildman–Crippen MR) is 97.8 cm³/mol. The van der Waals surface area contributed by atoms with Crippen molar-refractivity contribution in [1.29, 1.82) is 5.26 Å². The van der Waals surface area contributed by atoms with E-state index in [2.05, 4.69) is 25.3 Å². The number of benzene rings is 1. The number of nitriles is 1. The number of hydrogen-bond acceptors (Lipinski definition) is 7. The standard InChI is InChI=1S/C17H8ClFN6S/c18-10-2-1-3-11(19)14(10)17-24-12-4-5-21-16(15(12)26-17)25-13-8-22-9(6-20)7-23-13/h1-5,7-8H,(H,21,23,25). The largest absolute Gasteiger partial charge is 0.322 e. The normalized spacial score (nSPS) is 10.7. The van der Waals surface area contributed by atoms with Crippen molar-refractivity contribution in [2.75, 3.05) is 5.32 Å². The Hall–Kier alpha value is -3.15. The minimum absolute atomic E-state index is 0.219. The smallest absolute Gasteiger partial charge is 0.158 e. The Kier molecular flexibility index (Phi) is 4.16. The van der Waals surface area contributed by atoms with Crippen molar-refractivity contribution in [2.24, 2.45) is 0 Å². The Bertz CT molecular complexity index is 1130. The summed E-state index contributed by atoms with van der Waals surface area (Å²) >= 11 is 7.41. The summed E-state index contributed by atoms with van der Waals surface area (Å²) in [5.41, 5.74) is 1.14. The summed E-state index contributed by atoms with van der Waals surface area (Å²) < 4.78 is 14.9. The van der Waals surface area contributed by atoms with E-state index in [9.17, 15) is 4.39 Å². The van der Waals surface area contributed by atoms with Crippen molar-refractivity contribution in [1.82, 2.24) is 19.9 Å². The fourth-order valence-corrected chi connectivity index (χ4v) is 3.70. The fraction of sp³-hybridized carbons (Fsp3) is 0. The summed E-state index contributed by atoms with van der Waals surface area (Å²) in [6.45, 7) is 0. The Balaban J connectivity index is 1.77. The zero-order valence-electron chi connectivity index (χ0n) is 12.9. The van der Waals surface area contributed by atoms with Gasteiger partial charge in [-0.15, -0.1) is 11.3 Å². The van der Waals surface area contributed by atoms with Crippen molar-refractivity contribution < 1.29 is 4.39 Å². The number of nitrogens with one attached hydrogen (secondary N) is 1. The molecule has 0 bridgehead atoms. The Labute approximate surface area is 156 Å². The van der Waals surface area contributed by atoms with Crippen molar-refractivity contribution >= 4 is 44.8 Å². The van der Waals surface area contributed by atoms with E-state index in [4.69, 9.17) is 16.9 Å². The van der Waals surface area contributed by atoms with Gasteiger partial charge >= 0.3 is 0 Å². The van der Waals surface area contributed by atoms with Crippen LogP contribution in [0, 0.1) is 17.1 Å². The molecule has 0 saturated heterocycles. The summed E-state index contributed by atoms with van der Waals surface area (Å²) in [5.74, 6) is 0.512. The molecule has 6 nitrogen and oxygen atoms in total. The maximum Gasteiger partial charge on any atom is 0.158 e. The molecule has 0 radical (unpaired) electrons. The van der Waals surface area contributed by atoms with Gasteiger partial charge in [-0.1, -0.05) is 17.7 Å². The van der Waals surface area contributed by atoms with Crippen LogP contribution < -0.4 is 5.32 Å². The van der Waals surface area contributed by atoms with Crippen LogP contribution in [0.1, 0.15) is 5.69 Å². The lowest BCUT2D eigenvalue weighted by molar-refractivity contribution is 0.631. The van der Waals surface area contributed by atoms with E-state index in [1.54, 1.807) is 24.4 Å². The molecule has 0 aliphatic carbocycles. The highest BCUT2D eigenvalue weighted by Crippen LogP contribution is 2.38. The molecule has 3 aromatic heterocycles. The predicted octanol–water partition coefficient (Wildman–Crippen LogP) is 4.56. The van der Waals surface area contributed by atoms with Crippen LogP contribution >= 0.6 is 22.9 Å². The topological polar surface area (TPSA) is 87.4 Å². The zero-order valence-corrected chi connectivity index (χ0v) is 14.5. The van der Waals surface area contributed by atoms with Crippen LogP contribution in [0.2, 0.25) is 5.02 Å². The average Bonchev–Trinajstić information content (AvgIpc) is 3.07. The average molecular weight is 383 g/mol. The van der Waals surface area contributed by atoms with E-state index in [0.29, 0.717) is 27.2 Å². The quantitative estimate of drug-likeness (QED) is 0.559. The number of thiazole rings is 1. The minimum atomic E-state index is -0.433. The lowest BCUT2D eigenvalue weighted by Gasteiger charge is -2.04. The highest BCUT2D eigenvalue weighted by atomic mass is 35.5. The summed E-state index contributed by atoms with van der Waals surface area (Å²) in [4.78, 5) is 16.8. The van der Waals surface area contributed by atoms with Gasteiger partial charge in [0.25, 0.3) is 0 Å². The van der Waals surface area contributed by atoms with Crippen LogP contribution in [0.3, 0.4) is 0 Å². The van der Waals surface area contributed by atoms with Gasteiger partial charge < -0.3 is 5.32 Å². The van der Waals surface area contributed by atoms with E-state index >= 15 is 0 Å². The highest BCUT2D eigenvalue weighted by molar-refractivity contribution is 7.22. The highest BCUT2D eigenvalue weighted by Gasteiger charge is 2.16. The number of aromatic nitrogens is 4. The second-order valence-corrected chi connectivity index (χ2v) is 6.55. The Morgan fingerprint density at radius 2 is 2.04 bits per heavy atom. The van der Waals surface area contributed by atoms with Crippen LogP contribution in [0.25, 0.3) is 20.8 Å². The van der Waals surface area contributed by atoms with Gasteiger partial charge in [0.2, 0.25) is 0 Å². The molecule has 0 aliphatic heterocycles. The lowest BCUT2D eigenvalue weighted by Crippen LogP contribution is -1.97. The molecule has 0 saturated carbocycles. The molecular weight excluding hydrogens is 375 g/mol. The van der Waals surface area contributed by atoms with E-state index < -0.39 is 5.82 Å². The molecule has 9 heteroatoms. The number of anilines is 2. The van der Waals surface area contributed by atoms with Crippen LogP contribution in [0.5, 0.6) is 0 Å². The van der Waals surface area contributed by atoms with Gasteiger partial charge in [-0.2, -0.15) is 5.26 Å². The molecule has 4 aromatic rings. The Morgan fingerprint density at radius 1 is 1.15 bits per heavy atom. The summed E-state index contributed by atoms with van der Waals surface area (Å²) in [7, 11) is 0. The first-order valence-electron chi connectivity index (χ1n) is 7.35. The molecule has 0 amide bonds. The van der Waals surface area contributed by atoms with Gasteiger partial charge in [-0.3, -0.25) is 0 Å². The van der Waals surface area contributed by atoms with Crippen LogP contribution in [0.4, 0.5) is 16.0 Å². The molecule has 0 atom stereocenters. The SMILES string of the molecule is N#Cc1cnc(Nc2nccc3nc(-c4c(F)cccc4Cl)sc23)cn1. The fourth-order valence-electron chi connectivity index (χ4n) is 2.33. The number of rotatable bonds is 3. The third kappa shape index (κ3) is 2.94. The first-order valence-corrected chi connectivity index (χ1v) is 8.54. The van der Waals surface area contributed by atoms with Gasteiger partial charge in [0, 0.05) is 6.20 Å². The summed E-state index contributed by atoms with van der Waals surface area (Å²) in [5, 5.41) is 12.6. The molecule has 126 valence electrons. The first kappa shape index (κ1) is 16.3. The molecule has 0 aliphatic rings. The summed E-state index contributed by atoms with van der Waals surface area (Å²) in [6.07, 6.45) is 4.39. The molecule has 1 N–H and O–H groups in total. The minimum Gasteiger partial charge on any atom is -0.322 e. The van der Waals surface area contributed by atoms with Gasteiger partial charge in [-0.25, -0.2) is 24.3 Å². The maximum absolute atomic E-state index is 14.2. The third-order valence-corrected chi connectivity index (χ3v) is 4.90. The van der Waals surface area contributed by atoms with Gasteiger partial charge in [0.15, 0.2) is 11.5 Å². The van der Waals surface area contributed by atoms with E-state index in [0.717, 1.165) is 4.70 Å². The second kappa shape index (κ2) is 6.63. The molecule has 3 heterocycles. The maximum atomic E-state index is 14.2. The summed E-state index contributed by atoms with van der Waals surface area (Å²) in [6, 6.07) is 8.16. The molecule has 4 rings (SSSR count). The monoisotopic (exact) mass is 382 g/mol. The number of halogens is 2. The van der Waals surface area contributed by atoms with E-state index in [1.807, 2.05) is 6.07 Å². The molecule has 1 aromatic carbocycles. The third-order valence-electron chi connectivity index (χ3n) is 3.49. The van der Waals surface area contributed by atoms with E-state index in [1.165, 1.54) is 29.8 Å². The van der Waals surface area contributed by atoms with Gasteiger partial charge in [-0.05, 0) is 18.2 Å². The molecule has 26 heavy (non-hydrogen) atoms. The number of pyridine rings is 1. The van der Waals surface area contributed by atoms with Gasteiger partial charge in [0.05, 0.1) is 33.2 Å². The van der Waals surface area contributed by atoms with Crippen molar-refractivity contribution in [2.45, 2.75) is 0 Å². The molecule has 0 spiro atoms.